The molecule has 0 aliphatic carbocycles. The quantitative estimate of drug-likeness (QED) is 0.572. The van der Waals surface area contributed by atoms with Crippen molar-refractivity contribution < 1.29 is 14.5 Å². The fourth-order valence-corrected chi connectivity index (χ4v) is 1.44. The van der Waals surface area contributed by atoms with E-state index in [1.54, 1.807) is 7.11 Å². The van der Waals surface area contributed by atoms with Crippen LogP contribution in [0.3, 0.4) is 0 Å². The van der Waals surface area contributed by atoms with Gasteiger partial charge >= 0.3 is 7.48 Å². The van der Waals surface area contributed by atoms with Gasteiger partial charge in [0.2, 0.25) is 0 Å². The molecule has 0 bridgehead atoms. The van der Waals surface area contributed by atoms with Gasteiger partial charge in [0.1, 0.15) is 6.79 Å². The smallest absolute Gasteiger partial charge is 0.327 e. The molecule has 0 heterocycles. The number of ether oxygens (including phenoxy) is 2. The Morgan fingerprint density at radius 2 is 2.00 bits per heavy atom. The van der Waals surface area contributed by atoms with E-state index in [1.807, 2.05) is 38.1 Å². The van der Waals surface area contributed by atoms with E-state index in [1.165, 1.54) is 0 Å². The molecule has 0 aliphatic heterocycles. The fourth-order valence-electron chi connectivity index (χ4n) is 1.44. The van der Waals surface area contributed by atoms with Crippen molar-refractivity contribution in [1.29, 1.82) is 0 Å². The Balaban J connectivity index is 2.92. The van der Waals surface area contributed by atoms with E-state index >= 15 is 0 Å². The summed E-state index contributed by atoms with van der Waals surface area (Å²) in [7, 11) is 2.67. The molecule has 1 aromatic carbocycles. The van der Waals surface area contributed by atoms with Crippen molar-refractivity contribution in [2.24, 2.45) is 0 Å². The van der Waals surface area contributed by atoms with E-state index in [4.69, 9.17) is 14.5 Å². The topological polar surface area (TPSA) is 38.7 Å². The average molecular weight is 207 g/mol. The highest BCUT2D eigenvalue weighted by atomic mass is 16.7. The summed E-state index contributed by atoms with van der Waals surface area (Å²) in [6.45, 7) is 4.11. The van der Waals surface area contributed by atoms with E-state index in [-0.39, 0.29) is 6.79 Å². The Morgan fingerprint density at radius 3 is 2.60 bits per heavy atom. The van der Waals surface area contributed by atoms with Crippen LogP contribution in [0.5, 0.6) is 0 Å². The molecule has 1 N–H and O–H groups in total. The molecule has 81 valence electrons. The van der Waals surface area contributed by atoms with Gasteiger partial charge in [-0.2, -0.15) is 0 Å². The lowest BCUT2D eigenvalue weighted by Gasteiger charge is -2.27. The van der Waals surface area contributed by atoms with Gasteiger partial charge in [-0.05, 0) is 24.9 Å². The van der Waals surface area contributed by atoms with Crippen molar-refractivity contribution in [2.75, 3.05) is 13.9 Å². The Bertz CT molecular complexity index is 312. The van der Waals surface area contributed by atoms with Crippen LogP contribution < -0.4 is 5.46 Å². The van der Waals surface area contributed by atoms with Gasteiger partial charge in [-0.3, -0.25) is 0 Å². The molecule has 4 heteroatoms. The van der Waals surface area contributed by atoms with Crippen LogP contribution in [-0.4, -0.2) is 26.4 Å². The zero-order valence-electron chi connectivity index (χ0n) is 9.36. The summed E-state index contributed by atoms with van der Waals surface area (Å²) in [4.78, 5) is 0. The Morgan fingerprint density at radius 1 is 1.33 bits per heavy atom. The first-order chi connectivity index (χ1) is 7.11. The summed E-state index contributed by atoms with van der Waals surface area (Å²) < 4.78 is 10.4. The Hall–Kier alpha value is -0.835. The molecule has 15 heavy (non-hydrogen) atoms. The van der Waals surface area contributed by atoms with Crippen LogP contribution in [-0.2, 0) is 15.1 Å². The molecule has 0 spiro atoms. The molecule has 0 saturated heterocycles. The normalized spacial score (nSPS) is 11.5. The standard InChI is InChI=1S/C11H16BO3/c1-11(2,15-8-14-3)9-6-4-5-7-10(9)12-13/h4-7,13H,8H2,1-3H3. The molecular formula is C11H16BO3. The van der Waals surface area contributed by atoms with Gasteiger partial charge < -0.3 is 14.5 Å². The molecule has 0 aromatic heterocycles. The molecule has 0 saturated carbocycles. The fraction of sp³-hybridized carbons (Fsp3) is 0.455. The van der Waals surface area contributed by atoms with Crippen molar-refractivity contribution in [3.05, 3.63) is 29.8 Å². The average Bonchev–Trinajstić information content (AvgIpc) is 2.26. The summed E-state index contributed by atoms with van der Waals surface area (Å²) in [6.07, 6.45) is 0. The predicted molar refractivity (Wildman–Crippen MR) is 60.0 cm³/mol. The zero-order chi connectivity index (χ0) is 11.3. The monoisotopic (exact) mass is 207 g/mol. The van der Waals surface area contributed by atoms with Gasteiger partial charge in [0, 0.05) is 7.11 Å². The molecular weight excluding hydrogens is 191 g/mol. The number of benzene rings is 1. The number of hydrogen-bond donors (Lipinski definition) is 1. The van der Waals surface area contributed by atoms with Crippen LogP contribution >= 0.6 is 0 Å². The molecule has 1 radical (unpaired) electrons. The predicted octanol–water partition coefficient (Wildman–Crippen LogP) is 0.779. The van der Waals surface area contributed by atoms with Crippen molar-refractivity contribution in [2.45, 2.75) is 19.4 Å². The number of rotatable bonds is 5. The van der Waals surface area contributed by atoms with Gasteiger partial charge in [-0.15, -0.1) is 0 Å². The van der Waals surface area contributed by atoms with E-state index in [0.717, 1.165) is 18.5 Å². The second-order valence-electron chi connectivity index (χ2n) is 3.78. The lowest BCUT2D eigenvalue weighted by Crippen LogP contribution is -2.32. The Labute approximate surface area is 91.3 Å². The van der Waals surface area contributed by atoms with Crippen LogP contribution in [0.1, 0.15) is 19.4 Å². The van der Waals surface area contributed by atoms with Crippen LogP contribution in [0, 0.1) is 0 Å². The first kappa shape index (κ1) is 12.2. The number of methoxy groups -OCH3 is 1. The summed E-state index contributed by atoms with van der Waals surface area (Å²) in [5, 5.41) is 9.10. The van der Waals surface area contributed by atoms with Crippen LogP contribution in [0.15, 0.2) is 24.3 Å². The van der Waals surface area contributed by atoms with Crippen LogP contribution in [0.4, 0.5) is 0 Å². The van der Waals surface area contributed by atoms with Gasteiger partial charge in [-0.1, -0.05) is 24.3 Å². The lowest BCUT2D eigenvalue weighted by molar-refractivity contribution is -0.117. The number of hydrogen-bond acceptors (Lipinski definition) is 3. The second-order valence-corrected chi connectivity index (χ2v) is 3.78. The van der Waals surface area contributed by atoms with Gasteiger partial charge in [-0.25, -0.2) is 0 Å². The third kappa shape index (κ3) is 3.06. The highest BCUT2D eigenvalue weighted by molar-refractivity contribution is 6.46. The van der Waals surface area contributed by atoms with Crippen LogP contribution in [0.25, 0.3) is 0 Å². The molecule has 0 fully saturated rings. The lowest BCUT2D eigenvalue weighted by atomic mass is 9.79. The SMILES string of the molecule is COCOC(C)(C)c1ccccc1[B]O. The molecule has 0 aliphatic rings. The molecule has 0 atom stereocenters. The third-order valence-electron chi connectivity index (χ3n) is 2.29. The maximum atomic E-state index is 9.10. The van der Waals surface area contributed by atoms with Crippen molar-refractivity contribution in [3.8, 4) is 0 Å². The van der Waals surface area contributed by atoms with Crippen LogP contribution in [0.2, 0.25) is 0 Å². The minimum absolute atomic E-state index is 0.229. The summed E-state index contributed by atoms with van der Waals surface area (Å²) >= 11 is 0. The second kappa shape index (κ2) is 5.30. The van der Waals surface area contributed by atoms with E-state index in [2.05, 4.69) is 0 Å². The molecule has 1 rings (SSSR count). The highest BCUT2D eigenvalue weighted by Crippen LogP contribution is 2.22. The van der Waals surface area contributed by atoms with E-state index in [9.17, 15) is 0 Å². The zero-order valence-corrected chi connectivity index (χ0v) is 9.36. The highest BCUT2D eigenvalue weighted by Gasteiger charge is 2.23. The van der Waals surface area contributed by atoms with Gasteiger partial charge in [0.15, 0.2) is 0 Å². The first-order valence-electron chi connectivity index (χ1n) is 4.81. The minimum atomic E-state index is -0.480. The molecule has 3 nitrogen and oxygen atoms in total. The third-order valence-corrected chi connectivity index (χ3v) is 2.29. The van der Waals surface area contributed by atoms with Gasteiger partial charge in [0.05, 0.1) is 5.60 Å². The summed E-state index contributed by atoms with van der Waals surface area (Å²) in [5.74, 6) is 0. The maximum Gasteiger partial charge on any atom is 0.327 e. The molecule has 1 aromatic rings. The largest absolute Gasteiger partial charge is 0.450 e. The van der Waals surface area contributed by atoms with Crippen molar-refractivity contribution >= 4 is 12.9 Å². The van der Waals surface area contributed by atoms with E-state index in [0.29, 0.717) is 0 Å². The van der Waals surface area contributed by atoms with Gasteiger partial charge in [0.25, 0.3) is 0 Å². The van der Waals surface area contributed by atoms with Crippen molar-refractivity contribution in [3.63, 3.8) is 0 Å². The van der Waals surface area contributed by atoms with Crippen molar-refractivity contribution in [1.82, 2.24) is 0 Å². The molecule has 0 amide bonds. The summed E-state index contributed by atoms with van der Waals surface area (Å²) in [5.41, 5.74) is 1.22. The molecule has 0 unspecified atom stereocenters. The Kier molecular flexibility index (Phi) is 4.33. The first-order valence-corrected chi connectivity index (χ1v) is 4.81. The summed E-state index contributed by atoms with van der Waals surface area (Å²) in [6, 6.07) is 7.56. The maximum absolute atomic E-state index is 9.10. The van der Waals surface area contributed by atoms with E-state index < -0.39 is 5.60 Å². The minimum Gasteiger partial charge on any atom is -0.450 e.